The van der Waals surface area contributed by atoms with Crippen LogP contribution >= 0.6 is 23.4 Å². The Bertz CT molecular complexity index is 665. The third-order valence-electron chi connectivity index (χ3n) is 4.19. The molecule has 0 aliphatic carbocycles. The van der Waals surface area contributed by atoms with E-state index in [4.69, 9.17) is 20.9 Å². The molecule has 0 amide bonds. The highest BCUT2D eigenvalue weighted by atomic mass is 35.5. The van der Waals surface area contributed by atoms with Crippen LogP contribution in [0.25, 0.3) is 6.08 Å². The molecule has 1 aromatic rings. The molecular formula is C16H20BClFNO3S. The monoisotopic (exact) mass is 371 g/mol. The highest BCUT2D eigenvalue weighted by Gasteiger charge is 2.52. The van der Waals surface area contributed by atoms with E-state index in [1.54, 1.807) is 6.08 Å². The number of rotatable bonds is 4. The molecular weight excluding hydrogens is 352 g/mol. The Hall–Kier alpha value is -0.885. The summed E-state index contributed by atoms with van der Waals surface area (Å²) in [5, 5.41) is 0.294. The largest absolute Gasteiger partial charge is 0.491 e. The van der Waals surface area contributed by atoms with Crippen LogP contribution < -0.4 is 0 Å². The number of pyridine rings is 1. The van der Waals surface area contributed by atoms with Crippen molar-refractivity contribution in [1.82, 2.24) is 4.98 Å². The second-order valence-corrected chi connectivity index (χ2v) is 8.18. The van der Waals surface area contributed by atoms with E-state index in [1.807, 2.05) is 27.7 Å². The van der Waals surface area contributed by atoms with E-state index in [1.165, 1.54) is 19.2 Å². The highest BCUT2D eigenvalue weighted by molar-refractivity contribution is 8.13. The molecule has 24 heavy (non-hydrogen) atoms. The van der Waals surface area contributed by atoms with Crippen LogP contribution in [-0.2, 0) is 14.1 Å². The smallest absolute Gasteiger partial charge is 0.400 e. The molecule has 1 saturated heterocycles. The number of thioether (sulfide) groups is 1. The molecule has 0 aromatic carbocycles. The molecule has 0 radical (unpaired) electrons. The SMILES string of the molecule is CC(=O)SCC(=Cc1cc(F)ncc1Cl)B1OC(C)(C)C(C)(C)O1. The van der Waals surface area contributed by atoms with Crippen molar-refractivity contribution in [2.45, 2.75) is 45.8 Å². The number of halogens is 2. The zero-order chi connectivity index (χ0) is 18.1. The van der Waals surface area contributed by atoms with E-state index < -0.39 is 24.3 Å². The molecule has 0 saturated carbocycles. The number of aromatic nitrogens is 1. The second kappa shape index (κ2) is 7.16. The maximum Gasteiger partial charge on any atom is 0.491 e. The van der Waals surface area contributed by atoms with Gasteiger partial charge in [0, 0.05) is 24.9 Å². The van der Waals surface area contributed by atoms with Gasteiger partial charge < -0.3 is 9.31 Å². The van der Waals surface area contributed by atoms with Gasteiger partial charge in [-0.05, 0) is 38.7 Å². The predicted molar refractivity (Wildman–Crippen MR) is 96.4 cm³/mol. The van der Waals surface area contributed by atoms with Crippen molar-refractivity contribution in [2.75, 3.05) is 5.75 Å². The van der Waals surface area contributed by atoms with Crippen LogP contribution in [0.15, 0.2) is 17.7 Å². The summed E-state index contributed by atoms with van der Waals surface area (Å²) in [5.41, 5.74) is 0.162. The minimum absolute atomic E-state index is 0.0237. The Morgan fingerprint density at radius 2 is 1.96 bits per heavy atom. The van der Waals surface area contributed by atoms with Crippen molar-refractivity contribution in [2.24, 2.45) is 0 Å². The van der Waals surface area contributed by atoms with Crippen LogP contribution in [0, 0.1) is 5.95 Å². The summed E-state index contributed by atoms with van der Waals surface area (Å²) in [7, 11) is -0.630. The fourth-order valence-corrected chi connectivity index (χ4v) is 2.84. The van der Waals surface area contributed by atoms with Gasteiger partial charge in [0.2, 0.25) is 5.95 Å². The summed E-state index contributed by atoms with van der Waals surface area (Å²) >= 11 is 7.23. The Morgan fingerprint density at radius 3 is 2.50 bits per heavy atom. The Labute approximate surface area is 151 Å². The summed E-state index contributed by atoms with van der Waals surface area (Å²) in [6, 6.07) is 1.24. The van der Waals surface area contributed by atoms with E-state index in [2.05, 4.69) is 4.98 Å². The van der Waals surface area contributed by atoms with Gasteiger partial charge in [-0.25, -0.2) is 4.98 Å². The molecule has 8 heteroatoms. The molecule has 0 N–H and O–H groups in total. The number of hydrogen-bond donors (Lipinski definition) is 0. The molecule has 130 valence electrons. The third-order valence-corrected chi connectivity index (χ3v) is 5.39. The van der Waals surface area contributed by atoms with Gasteiger partial charge in [-0.1, -0.05) is 29.4 Å². The summed E-state index contributed by atoms with van der Waals surface area (Å²) in [6.07, 6.45) is 2.95. The topological polar surface area (TPSA) is 48.4 Å². The van der Waals surface area contributed by atoms with Gasteiger partial charge in [-0.3, -0.25) is 4.79 Å². The molecule has 1 aliphatic heterocycles. The summed E-state index contributed by atoms with van der Waals surface area (Å²) in [4.78, 5) is 14.9. The maximum atomic E-state index is 13.4. The van der Waals surface area contributed by atoms with Crippen LogP contribution in [0.3, 0.4) is 0 Å². The van der Waals surface area contributed by atoms with Crippen LogP contribution in [0.2, 0.25) is 5.02 Å². The van der Waals surface area contributed by atoms with Gasteiger partial charge in [-0.15, -0.1) is 0 Å². The van der Waals surface area contributed by atoms with Crippen LogP contribution in [0.1, 0.15) is 40.2 Å². The number of hydrogen-bond acceptors (Lipinski definition) is 5. The lowest BCUT2D eigenvalue weighted by Crippen LogP contribution is -2.41. The van der Waals surface area contributed by atoms with Crippen molar-refractivity contribution in [3.63, 3.8) is 0 Å². The van der Waals surface area contributed by atoms with Crippen molar-refractivity contribution in [3.05, 3.63) is 34.3 Å². The number of carbonyl (C=O) groups is 1. The predicted octanol–water partition coefficient (Wildman–Crippen LogP) is 4.17. The van der Waals surface area contributed by atoms with Gasteiger partial charge in [0.15, 0.2) is 5.12 Å². The standard InChI is InChI=1S/C16H20BClFNO3S/c1-10(21)24-9-12(6-11-7-14(19)20-8-13(11)18)17-22-15(2,3)16(4,5)23-17/h6-8H,9H2,1-5H3. The number of carbonyl (C=O) groups excluding carboxylic acids is 1. The molecule has 0 unspecified atom stereocenters. The fourth-order valence-electron chi connectivity index (χ4n) is 2.09. The van der Waals surface area contributed by atoms with Gasteiger partial charge in [0.1, 0.15) is 0 Å². The molecule has 2 rings (SSSR count). The van der Waals surface area contributed by atoms with Gasteiger partial charge in [0.25, 0.3) is 0 Å². The lowest BCUT2D eigenvalue weighted by atomic mass is 9.78. The molecule has 1 fully saturated rings. The van der Waals surface area contributed by atoms with Gasteiger partial charge in [-0.2, -0.15) is 4.39 Å². The third kappa shape index (κ3) is 4.39. The van der Waals surface area contributed by atoms with Crippen molar-refractivity contribution >= 4 is 41.7 Å². The van der Waals surface area contributed by atoms with E-state index in [9.17, 15) is 9.18 Å². The zero-order valence-electron chi connectivity index (χ0n) is 14.4. The van der Waals surface area contributed by atoms with E-state index >= 15 is 0 Å². The zero-order valence-corrected chi connectivity index (χ0v) is 15.9. The first-order valence-electron chi connectivity index (χ1n) is 7.52. The van der Waals surface area contributed by atoms with Crippen LogP contribution in [0.5, 0.6) is 0 Å². The summed E-state index contributed by atoms with van der Waals surface area (Å²) in [5.74, 6) is -0.259. The minimum Gasteiger partial charge on any atom is -0.400 e. The molecule has 1 aliphatic rings. The summed E-state index contributed by atoms with van der Waals surface area (Å²) in [6.45, 7) is 9.28. The van der Waals surface area contributed by atoms with E-state index in [-0.39, 0.29) is 5.12 Å². The molecule has 0 spiro atoms. The average molecular weight is 372 g/mol. The lowest BCUT2D eigenvalue weighted by Gasteiger charge is -2.32. The molecule has 0 atom stereocenters. The van der Waals surface area contributed by atoms with Crippen LogP contribution in [-0.4, -0.2) is 34.2 Å². The molecule has 4 nitrogen and oxygen atoms in total. The highest BCUT2D eigenvalue weighted by Crippen LogP contribution is 2.39. The minimum atomic E-state index is -0.630. The van der Waals surface area contributed by atoms with E-state index in [0.717, 1.165) is 11.8 Å². The number of nitrogens with zero attached hydrogens (tertiary/aromatic N) is 1. The Kier molecular flexibility index (Phi) is 5.80. The first kappa shape index (κ1) is 19.4. The Morgan fingerprint density at radius 1 is 1.38 bits per heavy atom. The Balaban J connectivity index is 2.37. The molecule has 1 aromatic heterocycles. The maximum absolute atomic E-state index is 13.4. The second-order valence-electron chi connectivity index (χ2n) is 6.62. The van der Waals surface area contributed by atoms with Crippen LogP contribution in [0.4, 0.5) is 4.39 Å². The van der Waals surface area contributed by atoms with Gasteiger partial charge >= 0.3 is 7.12 Å². The van der Waals surface area contributed by atoms with Gasteiger partial charge in [0.05, 0.1) is 16.2 Å². The quantitative estimate of drug-likeness (QED) is 0.587. The molecule has 2 heterocycles. The first-order valence-corrected chi connectivity index (χ1v) is 8.89. The first-order chi connectivity index (χ1) is 11.0. The summed E-state index contributed by atoms with van der Waals surface area (Å²) < 4.78 is 25.5. The average Bonchev–Trinajstić information content (AvgIpc) is 2.66. The van der Waals surface area contributed by atoms with Crippen molar-refractivity contribution in [3.8, 4) is 0 Å². The fraction of sp³-hybridized carbons (Fsp3) is 0.500. The normalized spacial score (nSPS) is 19.6. The van der Waals surface area contributed by atoms with Crippen molar-refractivity contribution in [1.29, 1.82) is 0 Å². The van der Waals surface area contributed by atoms with E-state index in [0.29, 0.717) is 21.8 Å². The van der Waals surface area contributed by atoms with Crippen molar-refractivity contribution < 1.29 is 18.5 Å². The molecule has 0 bridgehead atoms. The lowest BCUT2D eigenvalue weighted by molar-refractivity contribution is -0.109.